The van der Waals surface area contributed by atoms with Gasteiger partial charge < -0.3 is 5.32 Å². The molecular formula is C24H26F3N3O2. The van der Waals surface area contributed by atoms with E-state index in [2.05, 4.69) is 55.6 Å². The average molecular weight is 445 g/mol. The summed E-state index contributed by atoms with van der Waals surface area (Å²) < 4.78 is 37.0. The molecule has 0 bridgehead atoms. The molecule has 0 aliphatic heterocycles. The zero-order valence-corrected chi connectivity index (χ0v) is 18.4. The van der Waals surface area contributed by atoms with Gasteiger partial charge in [-0.3, -0.25) is 9.59 Å². The Bertz CT molecular complexity index is 1020. The van der Waals surface area contributed by atoms with Crippen molar-refractivity contribution in [2.45, 2.75) is 51.6 Å². The number of benzene rings is 2. The van der Waals surface area contributed by atoms with Crippen LogP contribution in [0.1, 0.15) is 56.7 Å². The SMILES string of the molecule is C/C(=N/NC(=O)[C@@H]1C[C@@H]1c1ccc(C(C)(C)C)cc1)c1ccc(NC(=O)C(F)(F)F)cc1. The van der Waals surface area contributed by atoms with E-state index in [0.717, 1.165) is 12.0 Å². The zero-order valence-electron chi connectivity index (χ0n) is 18.4. The van der Waals surface area contributed by atoms with Gasteiger partial charge in [-0.1, -0.05) is 57.2 Å². The van der Waals surface area contributed by atoms with E-state index in [1.807, 2.05) is 0 Å². The van der Waals surface area contributed by atoms with Crippen molar-refractivity contribution < 1.29 is 22.8 Å². The summed E-state index contributed by atoms with van der Waals surface area (Å²) in [5.74, 6) is -2.15. The second-order valence-electron chi connectivity index (χ2n) is 9.02. The molecule has 2 N–H and O–H groups in total. The van der Waals surface area contributed by atoms with Crippen LogP contribution < -0.4 is 10.7 Å². The van der Waals surface area contributed by atoms with Crippen LogP contribution in [0, 0.1) is 5.92 Å². The minimum Gasteiger partial charge on any atom is -0.318 e. The quantitative estimate of drug-likeness (QED) is 0.495. The van der Waals surface area contributed by atoms with Crippen molar-refractivity contribution in [1.82, 2.24) is 5.43 Å². The van der Waals surface area contributed by atoms with Crippen LogP contribution in [-0.2, 0) is 15.0 Å². The number of alkyl halides is 3. The maximum Gasteiger partial charge on any atom is 0.471 e. The molecule has 2 amide bonds. The topological polar surface area (TPSA) is 70.6 Å². The second-order valence-corrected chi connectivity index (χ2v) is 9.02. The first-order chi connectivity index (χ1) is 14.9. The molecule has 0 radical (unpaired) electrons. The normalized spacial score (nSPS) is 18.8. The predicted molar refractivity (Wildman–Crippen MR) is 117 cm³/mol. The second kappa shape index (κ2) is 8.76. The van der Waals surface area contributed by atoms with Crippen LogP contribution in [0.25, 0.3) is 0 Å². The molecule has 1 fully saturated rings. The molecule has 0 heterocycles. The number of hydrogen-bond acceptors (Lipinski definition) is 3. The van der Waals surface area contributed by atoms with E-state index in [0.29, 0.717) is 11.3 Å². The fourth-order valence-corrected chi connectivity index (χ4v) is 3.37. The minimum absolute atomic E-state index is 0.0196. The van der Waals surface area contributed by atoms with Gasteiger partial charge in [0.25, 0.3) is 0 Å². The highest BCUT2D eigenvalue weighted by atomic mass is 19.4. The van der Waals surface area contributed by atoms with Crippen LogP contribution >= 0.6 is 0 Å². The first-order valence-electron chi connectivity index (χ1n) is 10.3. The van der Waals surface area contributed by atoms with Crippen molar-refractivity contribution in [1.29, 1.82) is 0 Å². The average Bonchev–Trinajstić information content (AvgIpc) is 3.52. The van der Waals surface area contributed by atoms with E-state index >= 15 is 0 Å². The molecule has 32 heavy (non-hydrogen) atoms. The molecule has 0 aromatic heterocycles. The third-order valence-electron chi connectivity index (χ3n) is 5.48. The van der Waals surface area contributed by atoms with Gasteiger partial charge in [-0.2, -0.15) is 18.3 Å². The Hall–Kier alpha value is -3.16. The third-order valence-corrected chi connectivity index (χ3v) is 5.48. The number of halogens is 3. The number of rotatable bonds is 5. The van der Waals surface area contributed by atoms with E-state index in [1.54, 1.807) is 12.2 Å². The fourth-order valence-electron chi connectivity index (χ4n) is 3.37. The number of amides is 2. The summed E-state index contributed by atoms with van der Waals surface area (Å²) in [7, 11) is 0. The Morgan fingerprint density at radius 1 is 0.969 bits per heavy atom. The van der Waals surface area contributed by atoms with E-state index in [1.165, 1.54) is 29.8 Å². The van der Waals surface area contributed by atoms with Crippen molar-refractivity contribution >= 4 is 23.2 Å². The van der Waals surface area contributed by atoms with E-state index in [9.17, 15) is 22.8 Å². The molecule has 3 rings (SSSR count). The van der Waals surface area contributed by atoms with Crippen LogP contribution in [0.4, 0.5) is 18.9 Å². The Morgan fingerprint density at radius 3 is 2.09 bits per heavy atom. The number of carbonyl (C=O) groups excluding carboxylic acids is 2. The molecule has 2 aromatic rings. The highest BCUT2D eigenvalue weighted by Gasteiger charge is 2.44. The highest BCUT2D eigenvalue weighted by molar-refractivity contribution is 6.00. The molecule has 2 aromatic carbocycles. The largest absolute Gasteiger partial charge is 0.471 e. The van der Waals surface area contributed by atoms with E-state index < -0.39 is 12.1 Å². The third kappa shape index (κ3) is 5.75. The van der Waals surface area contributed by atoms with Crippen LogP contribution in [0.2, 0.25) is 0 Å². The molecule has 1 saturated carbocycles. The molecular weight excluding hydrogens is 419 g/mol. The van der Waals surface area contributed by atoms with E-state index in [-0.39, 0.29) is 28.8 Å². The Kier molecular flexibility index (Phi) is 6.44. The van der Waals surface area contributed by atoms with Crippen molar-refractivity contribution in [3.8, 4) is 0 Å². The number of hydrogen-bond donors (Lipinski definition) is 2. The van der Waals surface area contributed by atoms with Gasteiger partial charge in [0.05, 0.1) is 5.71 Å². The monoisotopic (exact) mass is 445 g/mol. The molecule has 1 aliphatic carbocycles. The first-order valence-corrected chi connectivity index (χ1v) is 10.3. The van der Waals surface area contributed by atoms with Crippen LogP contribution in [0.5, 0.6) is 0 Å². The summed E-state index contributed by atoms with van der Waals surface area (Å²) in [6, 6.07) is 14.1. The summed E-state index contributed by atoms with van der Waals surface area (Å²) in [6.45, 7) is 8.14. The predicted octanol–water partition coefficient (Wildman–Crippen LogP) is 5.13. The maximum absolute atomic E-state index is 12.4. The van der Waals surface area contributed by atoms with Gasteiger partial charge in [0.2, 0.25) is 5.91 Å². The molecule has 0 spiro atoms. The van der Waals surface area contributed by atoms with Crippen LogP contribution in [0.15, 0.2) is 53.6 Å². The van der Waals surface area contributed by atoms with E-state index in [4.69, 9.17) is 0 Å². The van der Waals surface area contributed by atoms with Crippen LogP contribution in [0.3, 0.4) is 0 Å². The Labute approximate surface area is 185 Å². The van der Waals surface area contributed by atoms with Gasteiger partial charge in [0, 0.05) is 11.6 Å². The summed E-state index contributed by atoms with van der Waals surface area (Å²) in [5.41, 5.74) is 6.16. The lowest BCUT2D eigenvalue weighted by Gasteiger charge is -2.19. The number of anilines is 1. The van der Waals surface area contributed by atoms with Gasteiger partial charge in [-0.15, -0.1) is 0 Å². The molecule has 170 valence electrons. The minimum atomic E-state index is -4.95. The smallest absolute Gasteiger partial charge is 0.318 e. The number of carbonyl (C=O) groups is 2. The first kappa shape index (κ1) is 23.5. The number of nitrogens with zero attached hydrogens (tertiary/aromatic N) is 1. The molecule has 0 saturated heterocycles. The molecule has 0 unspecified atom stereocenters. The summed E-state index contributed by atoms with van der Waals surface area (Å²) in [4.78, 5) is 23.4. The van der Waals surface area contributed by atoms with Gasteiger partial charge in [-0.05, 0) is 53.5 Å². The summed E-state index contributed by atoms with van der Waals surface area (Å²) in [5, 5.41) is 5.89. The standard InChI is InChI=1S/C24H26F3N3O2/c1-14(15-7-11-18(12-8-15)28-22(32)24(25,26)27)29-30-21(31)20-13-19(20)16-5-9-17(10-6-16)23(2,3)4/h5-12,19-20H,13H2,1-4H3,(H,28,32)(H,30,31)/b29-14-/t19-,20-/m1/s1. The highest BCUT2D eigenvalue weighted by Crippen LogP contribution is 2.47. The number of nitrogens with one attached hydrogen (secondary N) is 2. The summed E-state index contributed by atoms with van der Waals surface area (Å²) >= 11 is 0. The molecule has 1 aliphatic rings. The molecule has 2 atom stereocenters. The lowest BCUT2D eigenvalue weighted by molar-refractivity contribution is -0.167. The van der Waals surface area contributed by atoms with Gasteiger partial charge >= 0.3 is 12.1 Å². The van der Waals surface area contributed by atoms with Crippen molar-refractivity contribution in [2.24, 2.45) is 11.0 Å². The summed E-state index contributed by atoms with van der Waals surface area (Å²) in [6.07, 6.45) is -4.18. The Balaban J connectivity index is 1.55. The maximum atomic E-state index is 12.4. The van der Waals surface area contributed by atoms with Crippen molar-refractivity contribution in [2.75, 3.05) is 5.32 Å². The van der Waals surface area contributed by atoms with Crippen molar-refractivity contribution in [3.05, 3.63) is 65.2 Å². The van der Waals surface area contributed by atoms with Crippen LogP contribution in [-0.4, -0.2) is 23.7 Å². The lowest BCUT2D eigenvalue weighted by Crippen LogP contribution is -2.29. The molecule has 5 nitrogen and oxygen atoms in total. The van der Waals surface area contributed by atoms with Gasteiger partial charge in [-0.25, -0.2) is 5.43 Å². The molecule has 8 heteroatoms. The lowest BCUT2D eigenvalue weighted by atomic mass is 9.86. The van der Waals surface area contributed by atoms with Gasteiger partial charge in [0.1, 0.15) is 0 Å². The Morgan fingerprint density at radius 2 is 1.56 bits per heavy atom. The van der Waals surface area contributed by atoms with Gasteiger partial charge in [0.15, 0.2) is 0 Å². The van der Waals surface area contributed by atoms with Crippen molar-refractivity contribution in [3.63, 3.8) is 0 Å². The fraction of sp³-hybridized carbons (Fsp3) is 0.375. The number of hydrazone groups is 1. The zero-order chi connectivity index (χ0) is 23.7.